The predicted octanol–water partition coefficient (Wildman–Crippen LogP) is 4.33. The second-order valence-corrected chi connectivity index (χ2v) is 5.41. The maximum atomic E-state index is 12.5. The van der Waals surface area contributed by atoms with Crippen molar-refractivity contribution in [2.45, 2.75) is 32.0 Å². The first-order valence-electron chi connectivity index (χ1n) is 6.40. The molecule has 108 valence electrons. The van der Waals surface area contributed by atoms with E-state index in [0.29, 0.717) is 12.1 Å². The Morgan fingerprint density at radius 3 is 2.63 bits per heavy atom. The lowest BCUT2D eigenvalue weighted by atomic mass is 10.1. The fourth-order valence-electron chi connectivity index (χ4n) is 1.76. The van der Waals surface area contributed by atoms with Crippen molar-refractivity contribution in [3.05, 3.63) is 35.4 Å². The van der Waals surface area contributed by atoms with Crippen LogP contribution in [0.2, 0.25) is 0 Å². The van der Waals surface area contributed by atoms with Crippen molar-refractivity contribution in [1.29, 1.82) is 0 Å². The molecule has 0 aliphatic rings. The first-order chi connectivity index (χ1) is 9.04. The fourth-order valence-corrected chi connectivity index (χ4v) is 2.26. The first-order valence-corrected chi connectivity index (χ1v) is 7.79. The van der Waals surface area contributed by atoms with E-state index in [0.717, 1.165) is 25.5 Å². The van der Waals surface area contributed by atoms with E-state index in [1.807, 2.05) is 11.8 Å². The van der Waals surface area contributed by atoms with Gasteiger partial charge in [0.05, 0.1) is 5.56 Å². The van der Waals surface area contributed by atoms with Crippen LogP contribution in [-0.2, 0) is 12.7 Å². The van der Waals surface area contributed by atoms with Crippen LogP contribution in [0.3, 0.4) is 0 Å². The second-order valence-electron chi connectivity index (χ2n) is 4.43. The van der Waals surface area contributed by atoms with Gasteiger partial charge in [-0.1, -0.05) is 24.6 Å². The lowest BCUT2D eigenvalue weighted by Crippen LogP contribution is -2.15. The molecule has 0 aliphatic carbocycles. The van der Waals surface area contributed by atoms with Crippen LogP contribution in [0.1, 0.15) is 30.4 Å². The summed E-state index contributed by atoms with van der Waals surface area (Å²) in [5, 5.41) is 3.18. The van der Waals surface area contributed by atoms with Crippen molar-refractivity contribution in [1.82, 2.24) is 5.32 Å². The summed E-state index contributed by atoms with van der Waals surface area (Å²) in [6, 6.07) is 5.49. The van der Waals surface area contributed by atoms with Crippen LogP contribution in [0.4, 0.5) is 13.2 Å². The summed E-state index contributed by atoms with van der Waals surface area (Å²) in [6.45, 7) is 1.34. The van der Waals surface area contributed by atoms with Crippen molar-refractivity contribution in [3.63, 3.8) is 0 Å². The summed E-state index contributed by atoms with van der Waals surface area (Å²) in [4.78, 5) is 0. The molecule has 0 radical (unpaired) electrons. The Hall–Kier alpha value is -0.680. The zero-order chi connectivity index (χ0) is 14.1. The molecule has 0 bridgehead atoms. The Morgan fingerprint density at radius 2 is 1.95 bits per heavy atom. The van der Waals surface area contributed by atoms with Crippen molar-refractivity contribution in [3.8, 4) is 0 Å². The molecule has 1 aromatic rings. The minimum absolute atomic E-state index is 0.493. The molecule has 0 unspecified atom stereocenters. The molecule has 1 aromatic carbocycles. The van der Waals surface area contributed by atoms with Crippen LogP contribution in [0.15, 0.2) is 24.3 Å². The van der Waals surface area contributed by atoms with Gasteiger partial charge in [-0.15, -0.1) is 0 Å². The van der Waals surface area contributed by atoms with Gasteiger partial charge < -0.3 is 5.32 Å². The molecule has 0 saturated carbocycles. The molecular weight excluding hydrogens is 271 g/mol. The monoisotopic (exact) mass is 291 g/mol. The summed E-state index contributed by atoms with van der Waals surface area (Å²) in [7, 11) is 0. The summed E-state index contributed by atoms with van der Waals surface area (Å²) in [6.07, 6.45) is 1.27. The first kappa shape index (κ1) is 16.4. The normalized spacial score (nSPS) is 11.8. The second kappa shape index (κ2) is 8.48. The van der Waals surface area contributed by atoms with Crippen LogP contribution in [0, 0.1) is 0 Å². The van der Waals surface area contributed by atoms with Crippen LogP contribution in [0.5, 0.6) is 0 Å². The van der Waals surface area contributed by atoms with E-state index < -0.39 is 11.7 Å². The van der Waals surface area contributed by atoms with E-state index in [4.69, 9.17) is 0 Å². The Labute approximate surface area is 117 Å². The van der Waals surface area contributed by atoms with Crippen LogP contribution < -0.4 is 5.32 Å². The number of halogens is 3. The van der Waals surface area contributed by atoms with Gasteiger partial charge in [-0.05, 0) is 43.0 Å². The largest absolute Gasteiger partial charge is 0.416 e. The Balaban J connectivity index is 2.26. The van der Waals surface area contributed by atoms with Gasteiger partial charge in [0.25, 0.3) is 0 Å². The van der Waals surface area contributed by atoms with Gasteiger partial charge in [-0.3, -0.25) is 0 Å². The number of benzene rings is 1. The highest BCUT2D eigenvalue weighted by molar-refractivity contribution is 7.98. The van der Waals surface area contributed by atoms with E-state index in [2.05, 4.69) is 11.6 Å². The summed E-state index contributed by atoms with van der Waals surface area (Å²) in [5.74, 6) is 1.17. The maximum absolute atomic E-state index is 12.5. The number of hydrogen-bond acceptors (Lipinski definition) is 2. The highest BCUT2D eigenvalue weighted by Gasteiger charge is 2.30. The van der Waals surface area contributed by atoms with Crippen molar-refractivity contribution < 1.29 is 13.2 Å². The third kappa shape index (κ3) is 6.87. The molecule has 0 saturated heterocycles. The van der Waals surface area contributed by atoms with Crippen LogP contribution in [0.25, 0.3) is 0 Å². The van der Waals surface area contributed by atoms with Crippen LogP contribution >= 0.6 is 11.8 Å². The van der Waals surface area contributed by atoms with Crippen molar-refractivity contribution in [2.75, 3.05) is 18.6 Å². The Kier molecular flexibility index (Phi) is 7.31. The van der Waals surface area contributed by atoms with Gasteiger partial charge in [-0.2, -0.15) is 24.9 Å². The highest BCUT2D eigenvalue weighted by atomic mass is 32.2. The smallest absolute Gasteiger partial charge is 0.313 e. The van der Waals surface area contributed by atoms with E-state index in [1.54, 1.807) is 6.07 Å². The standard InChI is InChI=1S/C14H20F3NS/c1-19-9-4-2-3-8-18-11-12-6-5-7-13(10-12)14(15,16)17/h5-7,10,18H,2-4,8-9,11H2,1H3. The molecule has 1 rings (SSSR count). The predicted molar refractivity (Wildman–Crippen MR) is 75.4 cm³/mol. The molecule has 5 heteroatoms. The van der Waals surface area contributed by atoms with Gasteiger partial charge in [0.15, 0.2) is 0 Å². The van der Waals surface area contributed by atoms with Gasteiger partial charge in [0, 0.05) is 6.54 Å². The minimum Gasteiger partial charge on any atom is -0.313 e. The molecule has 0 spiro atoms. The SMILES string of the molecule is CSCCCCCNCc1cccc(C(F)(F)F)c1. The van der Waals surface area contributed by atoms with E-state index in [9.17, 15) is 13.2 Å². The minimum atomic E-state index is -4.26. The number of thioether (sulfide) groups is 1. The molecule has 0 amide bonds. The molecular formula is C14H20F3NS. The Bertz CT molecular complexity index is 366. The zero-order valence-corrected chi connectivity index (χ0v) is 11.9. The summed E-state index contributed by atoms with van der Waals surface area (Å²) >= 11 is 1.84. The van der Waals surface area contributed by atoms with Crippen molar-refractivity contribution >= 4 is 11.8 Å². The van der Waals surface area contributed by atoms with E-state index >= 15 is 0 Å². The maximum Gasteiger partial charge on any atom is 0.416 e. The van der Waals surface area contributed by atoms with Gasteiger partial charge in [0.2, 0.25) is 0 Å². The average Bonchev–Trinajstić information content (AvgIpc) is 2.37. The highest BCUT2D eigenvalue weighted by Crippen LogP contribution is 2.29. The van der Waals surface area contributed by atoms with Crippen LogP contribution in [-0.4, -0.2) is 18.6 Å². The third-order valence-electron chi connectivity index (χ3n) is 2.79. The number of unbranched alkanes of at least 4 members (excludes halogenated alkanes) is 2. The molecule has 1 nitrogen and oxygen atoms in total. The third-order valence-corrected chi connectivity index (χ3v) is 3.48. The summed E-state index contributed by atoms with van der Waals surface area (Å²) in [5.41, 5.74) is 0.103. The average molecular weight is 291 g/mol. The molecule has 0 heterocycles. The quantitative estimate of drug-likeness (QED) is 0.716. The van der Waals surface area contributed by atoms with Gasteiger partial charge in [0.1, 0.15) is 0 Å². The fraction of sp³-hybridized carbons (Fsp3) is 0.571. The molecule has 0 aliphatic heterocycles. The summed E-state index contributed by atoms with van der Waals surface area (Å²) < 4.78 is 37.5. The van der Waals surface area contributed by atoms with Gasteiger partial charge in [-0.25, -0.2) is 0 Å². The number of rotatable bonds is 8. The lowest BCUT2D eigenvalue weighted by Gasteiger charge is -2.09. The molecule has 0 fully saturated rings. The van der Waals surface area contributed by atoms with E-state index in [-0.39, 0.29) is 0 Å². The zero-order valence-electron chi connectivity index (χ0n) is 11.1. The van der Waals surface area contributed by atoms with Gasteiger partial charge >= 0.3 is 6.18 Å². The van der Waals surface area contributed by atoms with E-state index in [1.165, 1.54) is 24.3 Å². The molecule has 19 heavy (non-hydrogen) atoms. The lowest BCUT2D eigenvalue weighted by molar-refractivity contribution is -0.137. The molecule has 0 aromatic heterocycles. The Morgan fingerprint density at radius 1 is 1.16 bits per heavy atom. The van der Waals surface area contributed by atoms with Crippen molar-refractivity contribution in [2.24, 2.45) is 0 Å². The number of hydrogen-bond donors (Lipinski definition) is 1. The number of nitrogens with one attached hydrogen (secondary N) is 1. The molecule has 1 N–H and O–H groups in total. The number of alkyl halides is 3. The molecule has 0 atom stereocenters. The topological polar surface area (TPSA) is 12.0 Å².